The van der Waals surface area contributed by atoms with Gasteiger partial charge in [0.05, 0.1) is 17.9 Å². The number of rotatable bonds is 5. The first-order valence-corrected chi connectivity index (χ1v) is 8.24. The van der Waals surface area contributed by atoms with Crippen molar-refractivity contribution >= 4 is 11.8 Å². The predicted octanol–water partition coefficient (Wildman–Crippen LogP) is 1.74. The van der Waals surface area contributed by atoms with Gasteiger partial charge in [-0.1, -0.05) is 30.3 Å². The summed E-state index contributed by atoms with van der Waals surface area (Å²) in [5.41, 5.74) is 8.50. The molecule has 0 aliphatic carbocycles. The van der Waals surface area contributed by atoms with Gasteiger partial charge >= 0.3 is 0 Å². The van der Waals surface area contributed by atoms with Crippen LogP contribution in [-0.4, -0.2) is 31.8 Å². The summed E-state index contributed by atoms with van der Waals surface area (Å²) < 4.78 is 1.76. The molecule has 0 atom stereocenters. The molecule has 2 heterocycles. The summed E-state index contributed by atoms with van der Waals surface area (Å²) in [6, 6.07) is 13.1. The number of carbonyl (C=O) groups excluding carboxylic acids is 2. The average Bonchev–Trinajstić information content (AvgIpc) is 3.25. The van der Waals surface area contributed by atoms with Crippen molar-refractivity contribution in [3.05, 3.63) is 59.5 Å². The number of aromatic nitrogens is 4. The second kappa shape index (κ2) is 7.64. The number of benzene rings is 1. The first-order chi connectivity index (χ1) is 12.5. The fourth-order valence-electron chi connectivity index (χ4n) is 2.56. The van der Waals surface area contributed by atoms with Gasteiger partial charge in [-0.25, -0.2) is 0 Å². The van der Waals surface area contributed by atoms with Crippen LogP contribution >= 0.6 is 0 Å². The van der Waals surface area contributed by atoms with Gasteiger partial charge in [0.15, 0.2) is 0 Å². The topological polar surface area (TPSA) is 105 Å². The SMILES string of the molecule is Cc1cc(C)n(CCC(=O)NNC(=O)c2cc(-c3ccccc3)n[nH]2)n1. The third kappa shape index (κ3) is 4.15. The number of aromatic amines is 1. The van der Waals surface area contributed by atoms with Crippen molar-refractivity contribution in [1.29, 1.82) is 0 Å². The van der Waals surface area contributed by atoms with Crippen molar-refractivity contribution < 1.29 is 9.59 Å². The quantitative estimate of drug-likeness (QED) is 0.608. The van der Waals surface area contributed by atoms with E-state index in [0.29, 0.717) is 12.2 Å². The smallest absolute Gasteiger partial charge is 0.273 e. The van der Waals surface area contributed by atoms with Gasteiger partial charge < -0.3 is 0 Å². The number of amides is 2. The number of aryl methyl sites for hydroxylation is 3. The third-order valence-electron chi connectivity index (χ3n) is 3.86. The van der Waals surface area contributed by atoms with Gasteiger partial charge in [0.2, 0.25) is 5.91 Å². The van der Waals surface area contributed by atoms with Gasteiger partial charge in [-0.2, -0.15) is 10.2 Å². The van der Waals surface area contributed by atoms with E-state index >= 15 is 0 Å². The molecular formula is C18H20N6O2. The van der Waals surface area contributed by atoms with Gasteiger partial charge in [0, 0.05) is 17.7 Å². The van der Waals surface area contributed by atoms with E-state index in [9.17, 15) is 9.59 Å². The van der Waals surface area contributed by atoms with E-state index in [1.54, 1.807) is 10.7 Å². The van der Waals surface area contributed by atoms with Crippen LogP contribution in [0.5, 0.6) is 0 Å². The molecule has 3 N–H and O–H groups in total. The summed E-state index contributed by atoms with van der Waals surface area (Å²) in [6.07, 6.45) is 0.209. The van der Waals surface area contributed by atoms with Crippen LogP contribution in [0.25, 0.3) is 11.3 Å². The van der Waals surface area contributed by atoms with E-state index in [4.69, 9.17) is 0 Å². The molecule has 0 fully saturated rings. The normalized spacial score (nSPS) is 10.5. The van der Waals surface area contributed by atoms with Crippen molar-refractivity contribution in [2.24, 2.45) is 0 Å². The van der Waals surface area contributed by atoms with Crippen LogP contribution < -0.4 is 10.9 Å². The molecule has 3 aromatic rings. The number of hydrogen-bond donors (Lipinski definition) is 3. The zero-order valence-electron chi connectivity index (χ0n) is 14.6. The maximum absolute atomic E-state index is 12.1. The Hall–Kier alpha value is -3.42. The van der Waals surface area contributed by atoms with Gasteiger partial charge in [0.1, 0.15) is 5.69 Å². The number of carbonyl (C=O) groups is 2. The second-order valence-electron chi connectivity index (χ2n) is 5.94. The lowest BCUT2D eigenvalue weighted by Crippen LogP contribution is -2.42. The fourth-order valence-corrected chi connectivity index (χ4v) is 2.56. The summed E-state index contributed by atoms with van der Waals surface area (Å²) in [6.45, 7) is 4.28. The Morgan fingerprint density at radius 2 is 1.88 bits per heavy atom. The molecule has 0 bridgehead atoms. The maximum Gasteiger partial charge on any atom is 0.287 e. The molecule has 0 saturated heterocycles. The Morgan fingerprint density at radius 3 is 2.58 bits per heavy atom. The predicted molar refractivity (Wildman–Crippen MR) is 96.0 cm³/mol. The molecule has 0 unspecified atom stereocenters. The number of nitrogens with zero attached hydrogens (tertiary/aromatic N) is 3. The van der Waals surface area contributed by atoms with Crippen molar-refractivity contribution in [1.82, 2.24) is 30.8 Å². The van der Waals surface area contributed by atoms with Gasteiger partial charge in [-0.15, -0.1) is 0 Å². The molecule has 2 amide bonds. The van der Waals surface area contributed by atoms with E-state index in [1.807, 2.05) is 50.2 Å². The zero-order valence-corrected chi connectivity index (χ0v) is 14.6. The highest BCUT2D eigenvalue weighted by Crippen LogP contribution is 2.16. The zero-order chi connectivity index (χ0) is 18.5. The Morgan fingerprint density at radius 1 is 1.12 bits per heavy atom. The fraction of sp³-hybridized carbons (Fsp3) is 0.222. The van der Waals surface area contributed by atoms with Crippen molar-refractivity contribution in [3.63, 3.8) is 0 Å². The van der Waals surface area contributed by atoms with E-state index in [-0.39, 0.29) is 18.0 Å². The second-order valence-corrected chi connectivity index (χ2v) is 5.94. The molecule has 8 heteroatoms. The highest BCUT2D eigenvalue weighted by atomic mass is 16.2. The molecule has 8 nitrogen and oxygen atoms in total. The van der Waals surface area contributed by atoms with Crippen molar-refractivity contribution in [2.75, 3.05) is 0 Å². The third-order valence-corrected chi connectivity index (χ3v) is 3.86. The van der Waals surface area contributed by atoms with Crippen LogP contribution in [0.15, 0.2) is 42.5 Å². The highest BCUT2D eigenvalue weighted by molar-refractivity contribution is 5.94. The number of nitrogens with one attached hydrogen (secondary N) is 3. The molecule has 134 valence electrons. The molecule has 0 spiro atoms. The van der Waals surface area contributed by atoms with Gasteiger partial charge in [0.25, 0.3) is 5.91 Å². The van der Waals surface area contributed by atoms with E-state index < -0.39 is 5.91 Å². The lowest BCUT2D eigenvalue weighted by atomic mass is 10.1. The van der Waals surface area contributed by atoms with Crippen molar-refractivity contribution in [3.8, 4) is 11.3 Å². The summed E-state index contributed by atoms with van der Waals surface area (Å²) in [5, 5.41) is 11.1. The minimum absolute atomic E-state index is 0.209. The summed E-state index contributed by atoms with van der Waals surface area (Å²) in [7, 11) is 0. The monoisotopic (exact) mass is 352 g/mol. The minimum Gasteiger partial charge on any atom is -0.273 e. The van der Waals surface area contributed by atoms with Gasteiger partial charge in [-0.05, 0) is 26.0 Å². The summed E-state index contributed by atoms with van der Waals surface area (Å²) in [4.78, 5) is 24.0. The largest absolute Gasteiger partial charge is 0.287 e. The van der Waals surface area contributed by atoms with Crippen LogP contribution in [0.1, 0.15) is 28.3 Å². The number of hydrazine groups is 1. The van der Waals surface area contributed by atoms with E-state index in [1.165, 1.54) is 0 Å². The van der Waals surface area contributed by atoms with Crippen LogP contribution in [0.2, 0.25) is 0 Å². The van der Waals surface area contributed by atoms with Gasteiger partial charge in [-0.3, -0.25) is 30.2 Å². The molecule has 0 aliphatic rings. The molecule has 26 heavy (non-hydrogen) atoms. The summed E-state index contributed by atoms with van der Waals surface area (Å²) >= 11 is 0. The molecule has 0 saturated carbocycles. The minimum atomic E-state index is -0.459. The molecule has 0 radical (unpaired) electrons. The van der Waals surface area contributed by atoms with Crippen LogP contribution in [0.4, 0.5) is 0 Å². The Kier molecular flexibility index (Phi) is 5.12. The molecule has 0 aliphatic heterocycles. The number of hydrogen-bond acceptors (Lipinski definition) is 4. The Labute approximate surface area is 150 Å². The van der Waals surface area contributed by atoms with Crippen molar-refractivity contribution in [2.45, 2.75) is 26.8 Å². The average molecular weight is 352 g/mol. The summed E-state index contributed by atoms with van der Waals surface area (Å²) in [5.74, 6) is -0.757. The lowest BCUT2D eigenvalue weighted by Gasteiger charge is -2.07. The maximum atomic E-state index is 12.1. The van der Waals surface area contributed by atoms with Crippen LogP contribution in [0.3, 0.4) is 0 Å². The molecule has 2 aromatic heterocycles. The number of H-pyrrole nitrogens is 1. The molecule has 1 aromatic carbocycles. The molecule has 3 rings (SSSR count). The van der Waals surface area contributed by atoms with Crippen LogP contribution in [-0.2, 0) is 11.3 Å². The first kappa shape index (κ1) is 17.4. The Balaban J connectivity index is 1.50. The van der Waals surface area contributed by atoms with Crippen LogP contribution in [0, 0.1) is 13.8 Å². The molecular weight excluding hydrogens is 332 g/mol. The Bertz CT molecular complexity index is 913. The lowest BCUT2D eigenvalue weighted by molar-refractivity contribution is -0.122. The first-order valence-electron chi connectivity index (χ1n) is 8.24. The van der Waals surface area contributed by atoms with E-state index in [2.05, 4.69) is 26.1 Å². The van der Waals surface area contributed by atoms with E-state index in [0.717, 1.165) is 17.0 Å². The standard InChI is InChI=1S/C18H20N6O2/c1-12-10-13(2)24(23-12)9-8-17(25)21-22-18(26)16-11-15(19-20-16)14-6-4-3-5-7-14/h3-7,10-11H,8-9H2,1-2H3,(H,19,20)(H,21,25)(H,22,26). The highest BCUT2D eigenvalue weighted by Gasteiger charge is 2.12.